The molecule has 2 rings (SSSR count). The van der Waals surface area contributed by atoms with Crippen LogP contribution in [0.1, 0.15) is 18.4 Å². The van der Waals surface area contributed by atoms with Gasteiger partial charge in [-0.3, -0.25) is 14.9 Å². The molecule has 1 aromatic carbocycles. The monoisotopic (exact) mass is 264 g/mol. The van der Waals surface area contributed by atoms with Crippen molar-refractivity contribution in [3.63, 3.8) is 0 Å². The molecular weight excluding hydrogens is 248 g/mol. The molecule has 0 aromatic heterocycles. The first-order valence-corrected chi connectivity index (χ1v) is 6.27. The number of hydrogen-bond acceptors (Lipinski definition) is 4. The van der Waals surface area contributed by atoms with Gasteiger partial charge in [-0.25, -0.2) is 0 Å². The van der Waals surface area contributed by atoms with Crippen LogP contribution in [0.2, 0.25) is 0 Å². The summed E-state index contributed by atoms with van der Waals surface area (Å²) >= 11 is 0. The summed E-state index contributed by atoms with van der Waals surface area (Å²) in [6, 6.07) is 6.29. The summed E-state index contributed by atoms with van der Waals surface area (Å²) in [6.07, 6.45) is 2.06. The molecule has 1 heterocycles. The van der Waals surface area contributed by atoms with Crippen LogP contribution in [0.15, 0.2) is 24.3 Å². The lowest BCUT2D eigenvalue weighted by molar-refractivity contribution is -0.385. The maximum Gasteiger partial charge on any atom is 0.273 e. The molecule has 0 spiro atoms. The van der Waals surface area contributed by atoms with E-state index in [0.717, 1.165) is 19.4 Å². The second kappa shape index (κ2) is 6.29. The van der Waals surface area contributed by atoms with Crippen LogP contribution in [0.4, 0.5) is 5.69 Å². The topological polar surface area (TPSA) is 81.5 Å². The van der Waals surface area contributed by atoms with Crippen molar-refractivity contribution in [2.75, 3.05) is 13.2 Å². The number of amides is 1. The Balaban J connectivity index is 1.89. The maximum absolute atomic E-state index is 11.8. The fraction of sp³-hybridized carbons (Fsp3) is 0.462. The minimum atomic E-state index is -0.470. The van der Waals surface area contributed by atoms with Crippen LogP contribution in [-0.4, -0.2) is 30.1 Å². The third-order valence-corrected chi connectivity index (χ3v) is 3.09. The highest BCUT2D eigenvalue weighted by Gasteiger charge is 2.18. The Kier molecular flexibility index (Phi) is 4.46. The summed E-state index contributed by atoms with van der Waals surface area (Å²) < 4.78 is 5.39. The predicted octanol–water partition coefficient (Wildman–Crippen LogP) is 1.43. The van der Waals surface area contributed by atoms with Crippen LogP contribution in [0.25, 0.3) is 0 Å². The van der Waals surface area contributed by atoms with Crippen LogP contribution >= 0.6 is 0 Å². The van der Waals surface area contributed by atoms with Gasteiger partial charge in [0.25, 0.3) is 5.69 Å². The van der Waals surface area contributed by atoms with Crippen molar-refractivity contribution in [1.82, 2.24) is 5.32 Å². The van der Waals surface area contributed by atoms with E-state index in [-0.39, 0.29) is 24.1 Å². The number of carbonyl (C=O) groups excluding carboxylic acids is 1. The average Bonchev–Trinajstić information content (AvgIpc) is 2.90. The lowest BCUT2D eigenvalue weighted by atomic mass is 10.1. The maximum atomic E-state index is 11.8. The molecule has 0 bridgehead atoms. The highest BCUT2D eigenvalue weighted by Crippen LogP contribution is 2.18. The number of nitro groups is 1. The van der Waals surface area contributed by atoms with Gasteiger partial charge in [0, 0.05) is 24.8 Å². The number of ether oxygens (including phenoxy) is 1. The van der Waals surface area contributed by atoms with Crippen molar-refractivity contribution < 1.29 is 14.5 Å². The molecule has 1 fully saturated rings. The van der Waals surface area contributed by atoms with Crippen molar-refractivity contribution in [1.29, 1.82) is 0 Å². The Hall–Kier alpha value is -1.95. The molecule has 6 nitrogen and oxygen atoms in total. The minimum Gasteiger partial charge on any atom is -0.376 e. The van der Waals surface area contributed by atoms with Gasteiger partial charge in [0.1, 0.15) is 0 Å². The second-order valence-corrected chi connectivity index (χ2v) is 4.50. The van der Waals surface area contributed by atoms with Crippen LogP contribution in [0.3, 0.4) is 0 Å². The van der Waals surface area contributed by atoms with Crippen molar-refractivity contribution in [3.05, 3.63) is 39.9 Å². The van der Waals surface area contributed by atoms with Gasteiger partial charge in [-0.15, -0.1) is 0 Å². The molecule has 1 saturated heterocycles. The van der Waals surface area contributed by atoms with Crippen LogP contribution in [-0.2, 0) is 16.0 Å². The van der Waals surface area contributed by atoms with Crippen molar-refractivity contribution in [2.24, 2.45) is 0 Å². The van der Waals surface area contributed by atoms with E-state index in [4.69, 9.17) is 4.74 Å². The van der Waals surface area contributed by atoms with E-state index in [2.05, 4.69) is 5.32 Å². The number of hydrogen-bond donors (Lipinski definition) is 1. The first kappa shape index (κ1) is 13.5. The number of nitro benzene ring substituents is 1. The van der Waals surface area contributed by atoms with Gasteiger partial charge in [-0.1, -0.05) is 18.2 Å². The molecule has 1 atom stereocenters. The zero-order valence-electron chi connectivity index (χ0n) is 10.5. The van der Waals surface area contributed by atoms with Gasteiger partial charge in [-0.05, 0) is 12.8 Å². The van der Waals surface area contributed by atoms with Crippen LogP contribution in [0, 0.1) is 10.1 Å². The van der Waals surface area contributed by atoms with E-state index in [1.165, 1.54) is 6.07 Å². The SMILES string of the molecule is O=C(Cc1ccccc1[N+](=O)[O-])NC[C@H]1CCCO1. The first-order chi connectivity index (χ1) is 9.16. The van der Waals surface area contributed by atoms with E-state index in [1.54, 1.807) is 18.2 Å². The molecule has 1 aliphatic heterocycles. The highest BCUT2D eigenvalue weighted by atomic mass is 16.6. The van der Waals surface area contributed by atoms with E-state index in [9.17, 15) is 14.9 Å². The van der Waals surface area contributed by atoms with E-state index < -0.39 is 4.92 Å². The van der Waals surface area contributed by atoms with E-state index >= 15 is 0 Å². The lowest BCUT2D eigenvalue weighted by Gasteiger charge is -2.10. The quantitative estimate of drug-likeness (QED) is 0.644. The molecule has 0 unspecified atom stereocenters. The molecule has 19 heavy (non-hydrogen) atoms. The number of carbonyl (C=O) groups is 1. The fourth-order valence-corrected chi connectivity index (χ4v) is 2.11. The Morgan fingerprint density at radius 3 is 2.95 bits per heavy atom. The van der Waals surface area contributed by atoms with E-state index in [0.29, 0.717) is 12.1 Å². The first-order valence-electron chi connectivity index (χ1n) is 6.27. The zero-order chi connectivity index (χ0) is 13.7. The Morgan fingerprint density at radius 1 is 1.47 bits per heavy atom. The average molecular weight is 264 g/mol. The third kappa shape index (κ3) is 3.75. The number of para-hydroxylation sites is 1. The molecule has 1 N–H and O–H groups in total. The summed E-state index contributed by atoms with van der Waals surface area (Å²) in [5.41, 5.74) is 0.409. The molecular formula is C13H16N2O4. The van der Waals surface area contributed by atoms with Gasteiger partial charge in [0.15, 0.2) is 0 Å². The lowest BCUT2D eigenvalue weighted by Crippen LogP contribution is -2.32. The van der Waals surface area contributed by atoms with E-state index in [1.807, 2.05) is 0 Å². The van der Waals surface area contributed by atoms with Crippen LogP contribution in [0.5, 0.6) is 0 Å². The molecule has 0 saturated carbocycles. The summed E-state index contributed by atoms with van der Waals surface area (Å²) in [6.45, 7) is 1.21. The van der Waals surface area contributed by atoms with Crippen molar-refractivity contribution >= 4 is 11.6 Å². The molecule has 102 valence electrons. The smallest absolute Gasteiger partial charge is 0.273 e. The largest absolute Gasteiger partial charge is 0.376 e. The Morgan fingerprint density at radius 2 is 2.26 bits per heavy atom. The van der Waals surface area contributed by atoms with Gasteiger partial charge in [0.05, 0.1) is 17.4 Å². The summed E-state index contributed by atoms with van der Waals surface area (Å²) in [5.74, 6) is -0.218. The van der Waals surface area contributed by atoms with Crippen molar-refractivity contribution in [2.45, 2.75) is 25.4 Å². The summed E-state index contributed by atoms with van der Waals surface area (Å²) in [7, 11) is 0. The third-order valence-electron chi connectivity index (χ3n) is 3.09. The van der Waals surface area contributed by atoms with Crippen LogP contribution < -0.4 is 5.32 Å². The standard InChI is InChI=1S/C13H16N2O4/c16-13(14-9-11-5-3-7-19-11)8-10-4-1-2-6-12(10)15(17)18/h1-2,4,6,11H,3,5,7-9H2,(H,14,16)/t11-/m1/s1. The number of nitrogens with one attached hydrogen (secondary N) is 1. The van der Waals surface area contributed by atoms with Gasteiger partial charge >= 0.3 is 0 Å². The minimum absolute atomic E-state index is 0.0177. The molecule has 1 amide bonds. The highest BCUT2D eigenvalue weighted by molar-refractivity contribution is 5.79. The summed E-state index contributed by atoms with van der Waals surface area (Å²) in [5, 5.41) is 13.6. The Bertz CT molecular complexity index is 469. The van der Waals surface area contributed by atoms with Gasteiger partial charge < -0.3 is 10.1 Å². The number of rotatable bonds is 5. The van der Waals surface area contributed by atoms with Crippen molar-refractivity contribution in [3.8, 4) is 0 Å². The predicted molar refractivity (Wildman–Crippen MR) is 68.8 cm³/mol. The second-order valence-electron chi connectivity index (χ2n) is 4.50. The Labute approximate surface area is 110 Å². The van der Waals surface area contributed by atoms with Gasteiger partial charge in [-0.2, -0.15) is 0 Å². The molecule has 6 heteroatoms. The zero-order valence-corrected chi connectivity index (χ0v) is 10.5. The fourth-order valence-electron chi connectivity index (χ4n) is 2.11. The summed E-state index contributed by atoms with van der Waals surface area (Å²) in [4.78, 5) is 22.1. The molecule has 1 aromatic rings. The number of benzene rings is 1. The van der Waals surface area contributed by atoms with Gasteiger partial charge in [0.2, 0.25) is 5.91 Å². The molecule has 0 radical (unpaired) electrons. The number of nitrogens with zero attached hydrogens (tertiary/aromatic N) is 1. The molecule has 0 aliphatic carbocycles. The normalized spacial score (nSPS) is 18.2. The molecule has 1 aliphatic rings.